The Balaban J connectivity index is 2.23. The first-order valence-electron chi connectivity index (χ1n) is 6.53. The lowest BCUT2D eigenvalue weighted by Crippen LogP contribution is -2.36. The molecule has 0 fully saturated rings. The quantitative estimate of drug-likeness (QED) is 0.779. The number of halogens is 1. The molecule has 0 saturated heterocycles. The third-order valence-corrected chi connectivity index (χ3v) is 2.84. The molecule has 0 heterocycles. The van der Waals surface area contributed by atoms with Crippen LogP contribution in [-0.4, -0.2) is 43.6 Å². The Hall–Kier alpha value is -1.62. The fourth-order valence-electron chi connectivity index (χ4n) is 1.65. The van der Waals surface area contributed by atoms with Gasteiger partial charge >= 0.3 is 0 Å². The first-order chi connectivity index (χ1) is 9.17. The number of benzene rings is 1. The molecule has 0 radical (unpaired) electrons. The second kappa shape index (κ2) is 8.48. The molecule has 1 N–H and O–H groups in total. The Bertz CT molecular complexity index is 395. The molecule has 5 heteroatoms. The van der Waals surface area contributed by atoms with Crippen LogP contribution in [0.15, 0.2) is 24.3 Å². The highest BCUT2D eigenvalue weighted by atomic mass is 19.1. The SMILES string of the molecule is CCN(CC)CCNC(=O)COc1ccccc1F. The zero-order chi connectivity index (χ0) is 14.1. The first-order valence-corrected chi connectivity index (χ1v) is 6.53. The molecule has 0 aliphatic carbocycles. The largest absolute Gasteiger partial charge is 0.481 e. The molecule has 0 aliphatic rings. The molecule has 0 spiro atoms. The summed E-state index contributed by atoms with van der Waals surface area (Å²) in [5, 5.41) is 2.74. The van der Waals surface area contributed by atoms with Crippen molar-refractivity contribution in [3.63, 3.8) is 0 Å². The topological polar surface area (TPSA) is 41.6 Å². The van der Waals surface area contributed by atoms with Crippen LogP contribution in [0.1, 0.15) is 13.8 Å². The molecular weight excluding hydrogens is 247 g/mol. The Labute approximate surface area is 113 Å². The van der Waals surface area contributed by atoms with E-state index in [1.54, 1.807) is 12.1 Å². The van der Waals surface area contributed by atoms with E-state index in [0.29, 0.717) is 6.54 Å². The zero-order valence-electron chi connectivity index (χ0n) is 11.5. The van der Waals surface area contributed by atoms with E-state index in [9.17, 15) is 9.18 Å². The van der Waals surface area contributed by atoms with Gasteiger partial charge < -0.3 is 15.0 Å². The first kappa shape index (κ1) is 15.4. The summed E-state index contributed by atoms with van der Waals surface area (Å²) in [5.41, 5.74) is 0. The molecule has 0 unspecified atom stereocenters. The number of nitrogens with zero attached hydrogens (tertiary/aromatic N) is 1. The summed E-state index contributed by atoms with van der Waals surface area (Å²) in [6.45, 7) is 7.27. The number of para-hydroxylation sites is 1. The maximum Gasteiger partial charge on any atom is 0.257 e. The number of ether oxygens (including phenoxy) is 1. The van der Waals surface area contributed by atoms with Crippen LogP contribution in [0.4, 0.5) is 4.39 Å². The predicted octanol–water partition coefficient (Wildman–Crippen LogP) is 1.66. The molecule has 0 saturated carbocycles. The van der Waals surface area contributed by atoms with E-state index >= 15 is 0 Å². The van der Waals surface area contributed by atoms with Gasteiger partial charge in [-0.2, -0.15) is 0 Å². The van der Waals surface area contributed by atoms with Crippen molar-refractivity contribution in [2.75, 3.05) is 32.8 Å². The molecule has 106 valence electrons. The van der Waals surface area contributed by atoms with Crippen molar-refractivity contribution in [2.24, 2.45) is 0 Å². The lowest BCUT2D eigenvalue weighted by Gasteiger charge is -2.17. The van der Waals surface area contributed by atoms with Crippen molar-refractivity contribution in [2.45, 2.75) is 13.8 Å². The van der Waals surface area contributed by atoms with Crippen molar-refractivity contribution in [3.8, 4) is 5.75 Å². The van der Waals surface area contributed by atoms with Gasteiger partial charge in [-0.25, -0.2) is 4.39 Å². The maximum absolute atomic E-state index is 13.2. The smallest absolute Gasteiger partial charge is 0.257 e. The fourth-order valence-corrected chi connectivity index (χ4v) is 1.65. The maximum atomic E-state index is 13.2. The minimum Gasteiger partial charge on any atom is -0.481 e. The monoisotopic (exact) mass is 268 g/mol. The van der Waals surface area contributed by atoms with Gasteiger partial charge in [0.2, 0.25) is 0 Å². The summed E-state index contributed by atoms with van der Waals surface area (Å²) in [6, 6.07) is 6.04. The lowest BCUT2D eigenvalue weighted by atomic mass is 10.3. The summed E-state index contributed by atoms with van der Waals surface area (Å²) in [6.07, 6.45) is 0. The van der Waals surface area contributed by atoms with Gasteiger partial charge in [0.05, 0.1) is 0 Å². The van der Waals surface area contributed by atoms with Crippen molar-refractivity contribution in [1.29, 1.82) is 0 Å². The van der Waals surface area contributed by atoms with Crippen LogP contribution in [0.3, 0.4) is 0 Å². The molecule has 1 aromatic carbocycles. The van der Waals surface area contributed by atoms with E-state index in [1.165, 1.54) is 12.1 Å². The Morgan fingerprint density at radius 2 is 2.00 bits per heavy atom. The van der Waals surface area contributed by atoms with Crippen LogP contribution < -0.4 is 10.1 Å². The van der Waals surface area contributed by atoms with Gasteiger partial charge in [-0.1, -0.05) is 26.0 Å². The van der Waals surface area contributed by atoms with Gasteiger partial charge in [0.15, 0.2) is 18.2 Å². The van der Waals surface area contributed by atoms with Crippen molar-refractivity contribution in [1.82, 2.24) is 10.2 Å². The zero-order valence-corrected chi connectivity index (χ0v) is 11.5. The van der Waals surface area contributed by atoms with Crippen molar-refractivity contribution >= 4 is 5.91 Å². The Morgan fingerprint density at radius 1 is 1.32 bits per heavy atom. The molecule has 19 heavy (non-hydrogen) atoms. The highest BCUT2D eigenvalue weighted by molar-refractivity contribution is 5.77. The number of hydrogen-bond acceptors (Lipinski definition) is 3. The average Bonchev–Trinajstić information content (AvgIpc) is 2.43. The van der Waals surface area contributed by atoms with E-state index in [0.717, 1.165) is 19.6 Å². The van der Waals surface area contributed by atoms with Gasteiger partial charge in [-0.3, -0.25) is 4.79 Å². The number of nitrogens with one attached hydrogen (secondary N) is 1. The summed E-state index contributed by atoms with van der Waals surface area (Å²) in [5.74, 6) is -0.602. The molecular formula is C14H21FN2O2. The Morgan fingerprint density at radius 3 is 2.63 bits per heavy atom. The predicted molar refractivity (Wildman–Crippen MR) is 72.7 cm³/mol. The normalized spacial score (nSPS) is 10.5. The highest BCUT2D eigenvalue weighted by Gasteiger charge is 2.06. The highest BCUT2D eigenvalue weighted by Crippen LogP contribution is 2.14. The minimum absolute atomic E-state index is 0.0985. The third kappa shape index (κ3) is 5.70. The van der Waals surface area contributed by atoms with Gasteiger partial charge in [0.25, 0.3) is 5.91 Å². The van der Waals surface area contributed by atoms with Crippen LogP contribution in [0.2, 0.25) is 0 Å². The average molecular weight is 268 g/mol. The summed E-state index contributed by atoms with van der Waals surface area (Å²) in [7, 11) is 0. The molecule has 0 atom stereocenters. The molecule has 1 rings (SSSR count). The van der Waals surface area contributed by atoms with E-state index in [4.69, 9.17) is 4.74 Å². The van der Waals surface area contributed by atoms with Crippen LogP contribution in [0, 0.1) is 5.82 Å². The van der Waals surface area contributed by atoms with E-state index in [1.807, 2.05) is 0 Å². The third-order valence-electron chi connectivity index (χ3n) is 2.84. The van der Waals surface area contributed by atoms with Gasteiger partial charge in [-0.05, 0) is 25.2 Å². The number of carbonyl (C=O) groups excluding carboxylic acids is 1. The van der Waals surface area contributed by atoms with E-state index in [2.05, 4.69) is 24.1 Å². The number of rotatable bonds is 8. The fraction of sp³-hybridized carbons (Fsp3) is 0.500. The standard InChI is InChI=1S/C14H21FN2O2/c1-3-17(4-2)10-9-16-14(18)11-19-13-8-6-5-7-12(13)15/h5-8H,3-4,9-11H2,1-2H3,(H,16,18). The lowest BCUT2D eigenvalue weighted by molar-refractivity contribution is -0.123. The van der Waals surface area contributed by atoms with Crippen LogP contribution in [0.5, 0.6) is 5.75 Å². The number of likely N-dealkylation sites (N-methyl/N-ethyl adjacent to an activating group) is 1. The summed E-state index contributed by atoms with van der Waals surface area (Å²) >= 11 is 0. The summed E-state index contributed by atoms with van der Waals surface area (Å²) in [4.78, 5) is 13.7. The molecule has 0 bridgehead atoms. The molecule has 1 aromatic rings. The van der Waals surface area contributed by atoms with E-state index in [-0.39, 0.29) is 18.3 Å². The van der Waals surface area contributed by atoms with Crippen molar-refractivity contribution in [3.05, 3.63) is 30.1 Å². The molecule has 4 nitrogen and oxygen atoms in total. The van der Waals surface area contributed by atoms with Gasteiger partial charge in [-0.15, -0.1) is 0 Å². The van der Waals surface area contributed by atoms with Crippen LogP contribution in [-0.2, 0) is 4.79 Å². The van der Waals surface area contributed by atoms with Crippen LogP contribution in [0.25, 0.3) is 0 Å². The number of amides is 1. The van der Waals surface area contributed by atoms with Crippen LogP contribution >= 0.6 is 0 Å². The van der Waals surface area contributed by atoms with Gasteiger partial charge in [0.1, 0.15) is 0 Å². The van der Waals surface area contributed by atoms with E-state index < -0.39 is 5.82 Å². The molecule has 0 aliphatic heterocycles. The Kier molecular flexibility index (Phi) is 6.89. The molecule has 0 aromatic heterocycles. The van der Waals surface area contributed by atoms with Crippen molar-refractivity contribution < 1.29 is 13.9 Å². The minimum atomic E-state index is -0.460. The summed E-state index contributed by atoms with van der Waals surface area (Å²) < 4.78 is 18.3. The molecule has 1 amide bonds. The number of carbonyl (C=O) groups is 1. The second-order valence-electron chi connectivity index (χ2n) is 4.10. The van der Waals surface area contributed by atoms with Gasteiger partial charge in [0, 0.05) is 13.1 Å². The second-order valence-corrected chi connectivity index (χ2v) is 4.10. The number of hydrogen-bond donors (Lipinski definition) is 1.